The van der Waals surface area contributed by atoms with Crippen LogP contribution in [0.3, 0.4) is 0 Å². The summed E-state index contributed by atoms with van der Waals surface area (Å²) >= 11 is 0. The van der Waals surface area contributed by atoms with E-state index in [2.05, 4.69) is 36.2 Å². The van der Waals surface area contributed by atoms with Crippen molar-refractivity contribution in [3.8, 4) is 22.8 Å². The first-order valence-corrected chi connectivity index (χ1v) is 8.94. The molecule has 9 nitrogen and oxygen atoms in total. The van der Waals surface area contributed by atoms with Crippen molar-refractivity contribution in [3.05, 3.63) is 42.2 Å². The molecule has 0 bridgehead atoms. The Morgan fingerprint density at radius 2 is 2.26 bits per heavy atom. The SMILES string of the molecule is Cc1cc2ncc(-c3cccc(NC4CCNC4)n3)n2cc1-c1nn[nH]n1. The van der Waals surface area contributed by atoms with E-state index in [-0.39, 0.29) is 0 Å². The first-order chi connectivity index (χ1) is 13.3. The van der Waals surface area contributed by atoms with Crippen LogP contribution in [0.2, 0.25) is 0 Å². The first-order valence-electron chi connectivity index (χ1n) is 8.94. The van der Waals surface area contributed by atoms with Gasteiger partial charge in [0.1, 0.15) is 11.5 Å². The highest BCUT2D eigenvalue weighted by molar-refractivity contribution is 5.67. The quantitative estimate of drug-likeness (QED) is 0.507. The number of rotatable bonds is 4. The molecule has 0 aliphatic carbocycles. The lowest BCUT2D eigenvalue weighted by atomic mass is 10.1. The van der Waals surface area contributed by atoms with Crippen LogP contribution in [0.1, 0.15) is 12.0 Å². The zero-order valence-corrected chi connectivity index (χ0v) is 14.8. The van der Waals surface area contributed by atoms with E-state index in [1.165, 1.54) is 0 Å². The minimum absolute atomic E-state index is 0.419. The van der Waals surface area contributed by atoms with E-state index >= 15 is 0 Å². The standard InChI is InChI=1S/C18H19N9/c1-11-7-17-20-9-15(27(17)10-13(11)18-23-25-26-24-18)14-3-2-4-16(22-14)21-12-5-6-19-8-12/h2-4,7,9-10,12,19H,5-6,8H2,1H3,(H,21,22)(H,23,24,25,26). The van der Waals surface area contributed by atoms with Gasteiger partial charge in [0.25, 0.3) is 0 Å². The zero-order chi connectivity index (χ0) is 18.2. The Kier molecular flexibility index (Phi) is 3.79. The fourth-order valence-corrected chi connectivity index (χ4v) is 3.46. The number of anilines is 1. The molecule has 1 aliphatic heterocycles. The summed E-state index contributed by atoms with van der Waals surface area (Å²) in [6.07, 6.45) is 4.94. The molecule has 0 aromatic carbocycles. The lowest BCUT2D eigenvalue weighted by molar-refractivity contribution is 0.788. The number of aromatic nitrogens is 7. The molecular formula is C18H19N9. The zero-order valence-electron chi connectivity index (χ0n) is 14.8. The number of nitrogens with zero attached hydrogens (tertiary/aromatic N) is 6. The van der Waals surface area contributed by atoms with Crippen LogP contribution in [0, 0.1) is 6.92 Å². The molecule has 4 aromatic heterocycles. The Hall–Kier alpha value is -3.33. The molecule has 136 valence electrons. The maximum atomic E-state index is 4.79. The van der Waals surface area contributed by atoms with Crippen LogP contribution in [0.25, 0.3) is 28.4 Å². The summed E-state index contributed by atoms with van der Waals surface area (Å²) in [5.41, 5.74) is 4.58. The van der Waals surface area contributed by atoms with Crippen molar-refractivity contribution in [2.24, 2.45) is 0 Å². The molecule has 5 heterocycles. The molecule has 4 aromatic rings. The Bertz CT molecular complexity index is 1080. The average molecular weight is 361 g/mol. The van der Waals surface area contributed by atoms with Crippen LogP contribution < -0.4 is 10.6 Å². The molecule has 3 N–H and O–H groups in total. The number of fused-ring (bicyclic) bond motifs is 1. The van der Waals surface area contributed by atoms with Crippen LogP contribution in [0.5, 0.6) is 0 Å². The number of H-pyrrole nitrogens is 1. The summed E-state index contributed by atoms with van der Waals surface area (Å²) in [5, 5.41) is 21.2. The molecule has 1 atom stereocenters. The van der Waals surface area contributed by atoms with Gasteiger partial charge in [-0.2, -0.15) is 5.21 Å². The Morgan fingerprint density at radius 1 is 1.30 bits per heavy atom. The molecule has 1 aliphatic rings. The number of nitrogens with one attached hydrogen (secondary N) is 3. The Morgan fingerprint density at radius 3 is 3.07 bits per heavy atom. The molecule has 9 heteroatoms. The lowest BCUT2D eigenvalue weighted by Gasteiger charge is -2.13. The van der Waals surface area contributed by atoms with E-state index in [9.17, 15) is 0 Å². The number of hydrogen-bond acceptors (Lipinski definition) is 7. The molecule has 0 radical (unpaired) electrons. The van der Waals surface area contributed by atoms with E-state index in [4.69, 9.17) is 4.98 Å². The highest BCUT2D eigenvalue weighted by atomic mass is 15.5. The molecule has 1 unspecified atom stereocenters. The summed E-state index contributed by atoms with van der Waals surface area (Å²) in [6, 6.07) is 8.44. The maximum absolute atomic E-state index is 4.79. The van der Waals surface area contributed by atoms with Gasteiger partial charge in [-0.1, -0.05) is 6.07 Å². The van der Waals surface area contributed by atoms with Gasteiger partial charge < -0.3 is 10.6 Å². The molecule has 1 fully saturated rings. The van der Waals surface area contributed by atoms with Crippen molar-refractivity contribution in [2.75, 3.05) is 18.4 Å². The smallest absolute Gasteiger partial charge is 0.206 e. The fourth-order valence-electron chi connectivity index (χ4n) is 3.46. The molecule has 1 saturated heterocycles. The summed E-state index contributed by atoms with van der Waals surface area (Å²) in [6.45, 7) is 4.02. The van der Waals surface area contributed by atoms with Crippen molar-refractivity contribution in [2.45, 2.75) is 19.4 Å². The number of aromatic amines is 1. The molecule has 0 saturated carbocycles. The summed E-state index contributed by atoms with van der Waals surface area (Å²) in [5.74, 6) is 1.44. The number of pyridine rings is 2. The Labute approximate surface area is 155 Å². The molecular weight excluding hydrogens is 342 g/mol. The third kappa shape index (κ3) is 2.91. The van der Waals surface area contributed by atoms with Crippen molar-refractivity contribution < 1.29 is 0 Å². The van der Waals surface area contributed by atoms with E-state index < -0.39 is 0 Å². The van der Waals surface area contributed by atoms with E-state index in [0.29, 0.717) is 11.9 Å². The van der Waals surface area contributed by atoms with Gasteiger partial charge in [0.2, 0.25) is 5.82 Å². The van der Waals surface area contributed by atoms with Gasteiger partial charge in [0.15, 0.2) is 0 Å². The van der Waals surface area contributed by atoms with Gasteiger partial charge in [0.05, 0.1) is 17.6 Å². The minimum Gasteiger partial charge on any atom is -0.366 e. The minimum atomic E-state index is 0.419. The largest absolute Gasteiger partial charge is 0.366 e. The topological polar surface area (TPSA) is 109 Å². The molecule has 5 rings (SSSR count). The van der Waals surface area contributed by atoms with Gasteiger partial charge in [-0.25, -0.2) is 9.97 Å². The predicted octanol–water partition coefficient (Wildman–Crippen LogP) is 1.66. The normalized spacial score (nSPS) is 16.9. The first kappa shape index (κ1) is 15.9. The van der Waals surface area contributed by atoms with Crippen molar-refractivity contribution in [1.29, 1.82) is 0 Å². The van der Waals surface area contributed by atoms with Gasteiger partial charge >= 0.3 is 0 Å². The number of aryl methyl sites for hydroxylation is 1. The summed E-state index contributed by atoms with van der Waals surface area (Å²) in [7, 11) is 0. The second-order valence-corrected chi connectivity index (χ2v) is 6.72. The second-order valence-electron chi connectivity index (χ2n) is 6.72. The van der Waals surface area contributed by atoms with Crippen LogP contribution in [0.15, 0.2) is 36.7 Å². The fraction of sp³-hybridized carbons (Fsp3) is 0.278. The average Bonchev–Trinajstić information content (AvgIpc) is 3.43. The van der Waals surface area contributed by atoms with Crippen LogP contribution in [-0.2, 0) is 0 Å². The third-order valence-corrected chi connectivity index (χ3v) is 4.86. The van der Waals surface area contributed by atoms with E-state index in [0.717, 1.165) is 53.5 Å². The highest BCUT2D eigenvalue weighted by Crippen LogP contribution is 2.26. The van der Waals surface area contributed by atoms with Gasteiger partial charge in [0, 0.05) is 24.3 Å². The monoisotopic (exact) mass is 361 g/mol. The van der Waals surface area contributed by atoms with E-state index in [1.807, 2.05) is 48.0 Å². The number of tetrazole rings is 1. The summed E-state index contributed by atoms with van der Waals surface area (Å²) < 4.78 is 2.02. The van der Waals surface area contributed by atoms with Gasteiger partial charge in [-0.15, -0.1) is 10.2 Å². The Balaban J connectivity index is 1.56. The number of hydrogen-bond donors (Lipinski definition) is 3. The molecule has 0 amide bonds. The molecule has 0 spiro atoms. The summed E-state index contributed by atoms with van der Waals surface area (Å²) in [4.78, 5) is 9.33. The molecule has 27 heavy (non-hydrogen) atoms. The van der Waals surface area contributed by atoms with E-state index in [1.54, 1.807) is 0 Å². The van der Waals surface area contributed by atoms with Gasteiger partial charge in [-0.05, 0) is 48.9 Å². The highest BCUT2D eigenvalue weighted by Gasteiger charge is 2.16. The van der Waals surface area contributed by atoms with Gasteiger partial charge in [-0.3, -0.25) is 4.40 Å². The second kappa shape index (κ2) is 6.44. The van der Waals surface area contributed by atoms with Crippen LogP contribution in [0.4, 0.5) is 5.82 Å². The van der Waals surface area contributed by atoms with Crippen molar-refractivity contribution in [1.82, 2.24) is 40.3 Å². The van der Waals surface area contributed by atoms with Crippen LogP contribution >= 0.6 is 0 Å². The lowest BCUT2D eigenvalue weighted by Crippen LogP contribution is -2.22. The van der Waals surface area contributed by atoms with Crippen molar-refractivity contribution in [3.63, 3.8) is 0 Å². The van der Waals surface area contributed by atoms with Crippen molar-refractivity contribution >= 4 is 11.5 Å². The number of imidazole rings is 1. The predicted molar refractivity (Wildman–Crippen MR) is 101 cm³/mol. The third-order valence-electron chi connectivity index (χ3n) is 4.86. The van der Waals surface area contributed by atoms with Crippen LogP contribution in [-0.4, -0.2) is 54.1 Å². The maximum Gasteiger partial charge on any atom is 0.206 e.